The number of alkyl halides is 2. The first kappa shape index (κ1) is 18.1. The predicted molar refractivity (Wildman–Crippen MR) is 100 cm³/mol. The fourth-order valence-electron chi connectivity index (χ4n) is 6.47. The summed E-state index contributed by atoms with van der Waals surface area (Å²) in [6.45, 7) is 3.61. The minimum absolute atomic E-state index is 0.0620. The minimum atomic E-state index is -2.62. The van der Waals surface area contributed by atoms with E-state index >= 15 is 0 Å². The zero-order valence-electron chi connectivity index (χ0n) is 16.0. The van der Waals surface area contributed by atoms with Gasteiger partial charge in [-0.15, -0.1) is 0 Å². The van der Waals surface area contributed by atoms with Gasteiger partial charge in [0.2, 0.25) is 5.92 Å². The van der Waals surface area contributed by atoms with E-state index in [1.54, 1.807) is 0 Å². The zero-order valence-corrected chi connectivity index (χ0v) is 16.0. The summed E-state index contributed by atoms with van der Waals surface area (Å²) in [5, 5.41) is 6.17. The van der Waals surface area contributed by atoms with Gasteiger partial charge in [0.15, 0.2) is 12.5 Å². The lowest BCUT2D eigenvalue weighted by molar-refractivity contribution is -0.130. The average Bonchev–Trinajstić information content (AvgIpc) is 2.56. The molecule has 0 unspecified atom stereocenters. The standard InChI is InChI=1S/C21H27F2N3O2/c1-12-24-10-17(16-8-21(22,23)9-16)19(25-12)28-11-18(27)26-20-5-13-2-14(6-20)4-15(3-13)7-20/h10,13-16,25H,1-9,11H2,(H,26,27). The van der Waals surface area contributed by atoms with Gasteiger partial charge in [0.05, 0.1) is 0 Å². The van der Waals surface area contributed by atoms with Crippen LogP contribution in [0.3, 0.4) is 0 Å². The molecule has 7 heteroatoms. The topological polar surface area (TPSA) is 62.7 Å². The van der Waals surface area contributed by atoms with E-state index in [4.69, 9.17) is 4.74 Å². The maximum absolute atomic E-state index is 13.3. The van der Waals surface area contributed by atoms with E-state index < -0.39 is 5.92 Å². The van der Waals surface area contributed by atoms with Crippen LogP contribution in [0, 0.1) is 23.7 Å². The fourth-order valence-corrected chi connectivity index (χ4v) is 6.47. The number of hydrogen-bond acceptors (Lipinski definition) is 4. The maximum atomic E-state index is 13.3. The summed E-state index contributed by atoms with van der Waals surface area (Å²) in [7, 11) is 0. The molecule has 28 heavy (non-hydrogen) atoms. The van der Waals surface area contributed by atoms with Crippen LogP contribution in [0.1, 0.15) is 51.4 Å². The molecule has 5 fully saturated rings. The number of ether oxygens (including phenoxy) is 1. The van der Waals surface area contributed by atoms with Crippen LogP contribution in [-0.4, -0.2) is 30.2 Å². The van der Waals surface area contributed by atoms with Gasteiger partial charge in [-0.05, 0) is 56.3 Å². The average molecular weight is 391 g/mol. The van der Waals surface area contributed by atoms with Crippen LogP contribution in [-0.2, 0) is 9.53 Å². The van der Waals surface area contributed by atoms with Crippen molar-refractivity contribution in [3.8, 4) is 0 Å². The van der Waals surface area contributed by atoms with Crippen LogP contribution in [0.15, 0.2) is 28.8 Å². The molecular formula is C21H27F2N3O2. The number of aliphatic imine (C=N–C) groups is 1. The number of carbonyl (C=O) groups excluding carboxylic acids is 1. The Kier molecular flexibility index (Phi) is 4.07. The Morgan fingerprint density at radius 3 is 2.36 bits per heavy atom. The molecule has 0 aromatic heterocycles. The Bertz CT molecular complexity index is 730. The van der Waals surface area contributed by atoms with Crippen molar-refractivity contribution < 1.29 is 18.3 Å². The van der Waals surface area contributed by atoms with Gasteiger partial charge in [0.1, 0.15) is 5.82 Å². The molecule has 0 aromatic rings. The highest BCUT2D eigenvalue weighted by atomic mass is 19.3. The SMILES string of the molecule is C=C1N=CC(C2CC(F)(F)C2)=C(OCC(=O)NC23CC4CC(CC(C4)C2)C3)N1. The third-order valence-electron chi connectivity index (χ3n) is 7.20. The van der Waals surface area contributed by atoms with Gasteiger partial charge in [-0.2, -0.15) is 0 Å². The molecule has 5 aliphatic carbocycles. The number of hydrogen-bond donors (Lipinski definition) is 2. The summed E-state index contributed by atoms with van der Waals surface area (Å²) in [5.41, 5.74) is 0.536. The Labute approximate surface area is 163 Å². The van der Waals surface area contributed by atoms with Gasteiger partial charge in [0, 0.05) is 36.1 Å². The molecule has 1 aliphatic heterocycles. The monoisotopic (exact) mass is 391 g/mol. The lowest BCUT2D eigenvalue weighted by Gasteiger charge is -2.56. The van der Waals surface area contributed by atoms with Crippen molar-refractivity contribution in [1.82, 2.24) is 10.6 Å². The highest BCUT2D eigenvalue weighted by Crippen LogP contribution is 2.55. The maximum Gasteiger partial charge on any atom is 0.258 e. The Morgan fingerprint density at radius 2 is 1.79 bits per heavy atom. The van der Waals surface area contributed by atoms with E-state index in [-0.39, 0.29) is 36.8 Å². The Hall–Kier alpha value is -1.92. The molecule has 152 valence electrons. The molecular weight excluding hydrogens is 364 g/mol. The van der Waals surface area contributed by atoms with E-state index in [1.165, 1.54) is 25.5 Å². The quantitative estimate of drug-likeness (QED) is 0.754. The number of nitrogens with one attached hydrogen (secondary N) is 2. The van der Waals surface area contributed by atoms with E-state index in [1.807, 2.05) is 0 Å². The van der Waals surface area contributed by atoms with E-state index in [0.29, 0.717) is 17.3 Å². The van der Waals surface area contributed by atoms with Gasteiger partial charge >= 0.3 is 0 Å². The number of rotatable bonds is 5. The Morgan fingerprint density at radius 1 is 1.18 bits per heavy atom. The molecule has 5 saturated carbocycles. The van der Waals surface area contributed by atoms with Gasteiger partial charge in [-0.1, -0.05) is 6.58 Å². The molecule has 1 amide bonds. The van der Waals surface area contributed by atoms with Crippen molar-refractivity contribution in [3.05, 3.63) is 23.9 Å². The molecule has 4 bridgehead atoms. The van der Waals surface area contributed by atoms with Crippen molar-refractivity contribution in [1.29, 1.82) is 0 Å². The number of allylic oxidation sites excluding steroid dienone is 1. The first-order valence-electron chi connectivity index (χ1n) is 10.3. The molecule has 5 nitrogen and oxygen atoms in total. The van der Waals surface area contributed by atoms with Gasteiger partial charge in [-0.3, -0.25) is 4.79 Å². The van der Waals surface area contributed by atoms with E-state index in [9.17, 15) is 13.6 Å². The van der Waals surface area contributed by atoms with Crippen molar-refractivity contribution >= 4 is 12.1 Å². The molecule has 1 heterocycles. The van der Waals surface area contributed by atoms with Crippen LogP contribution in [0.25, 0.3) is 0 Å². The van der Waals surface area contributed by atoms with Crippen molar-refractivity contribution in [2.24, 2.45) is 28.7 Å². The van der Waals surface area contributed by atoms with Crippen LogP contribution in [0.5, 0.6) is 0 Å². The molecule has 6 aliphatic rings. The van der Waals surface area contributed by atoms with Crippen LogP contribution in [0.4, 0.5) is 8.78 Å². The predicted octanol–water partition coefficient (Wildman–Crippen LogP) is 3.49. The molecule has 0 atom stereocenters. The first-order chi connectivity index (χ1) is 13.3. The summed E-state index contributed by atoms with van der Waals surface area (Å²) in [5.74, 6) is -0.0958. The second kappa shape index (κ2) is 6.29. The number of carbonyl (C=O) groups is 1. The first-order valence-corrected chi connectivity index (χ1v) is 10.3. The molecule has 0 radical (unpaired) electrons. The van der Waals surface area contributed by atoms with E-state index in [2.05, 4.69) is 22.2 Å². The molecule has 0 spiro atoms. The molecule has 2 N–H and O–H groups in total. The van der Waals surface area contributed by atoms with Crippen LogP contribution in [0.2, 0.25) is 0 Å². The minimum Gasteiger partial charge on any atom is -0.469 e. The fraction of sp³-hybridized carbons (Fsp3) is 0.714. The number of amides is 1. The smallest absolute Gasteiger partial charge is 0.258 e. The third kappa shape index (κ3) is 3.33. The summed E-state index contributed by atoms with van der Waals surface area (Å²) < 4.78 is 32.3. The summed E-state index contributed by atoms with van der Waals surface area (Å²) >= 11 is 0. The van der Waals surface area contributed by atoms with Crippen LogP contribution < -0.4 is 10.6 Å². The summed E-state index contributed by atoms with van der Waals surface area (Å²) in [4.78, 5) is 16.7. The highest BCUT2D eigenvalue weighted by molar-refractivity contribution is 5.83. The van der Waals surface area contributed by atoms with Gasteiger partial charge < -0.3 is 15.4 Å². The van der Waals surface area contributed by atoms with Gasteiger partial charge in [0.25, 0.3) is 5.91 Å². The molecule has 0 aromatic carbocycles. The zero-order chi connectivity index (χ0) is 19.5. The van der Waals surface area contributed by atoms with Gasteiger partial charge in [-0.25, -0.2) is 13.8 Å². The summed E-state index contributed by atoms with van der Waals surface area (Å²) in [6.07, 6.45) is 8.30. The van der Waals surface area contributed by atoms with Crippen molar-refractivity contribution in [2.75, 3.05) is 6.61 Å². The lowest BCUT2D eigenvalue weighted by Crippen LogP contribution is -2.60. The van der Waals surface area contributed by atoms with Crippen molar-refractivity contribution in [3.63, 3.8) is 0 Å². The van der Waals surface area contributed by atoms with E-state index in [0.717, 1.165) is 37.0 Å². The third-order valence-corrected chi connectivity index (χ3v) is 7.20. The second-order valence-electron chi connectivity index (χ2n) is 9.61. The van der Waals surface area contributed by atoms with Crippen LogP contribution >= 0.6 is 0 Å². The lowest BCUT2D eigenvalue weighted by atomic mass is 9.53. The highest BCUT2D eigenvalue weighted by Gasteiger charge is 2.51. The molecule has 0 saturated heterocycles. The second-order valence-corrected chi connectivity index (χ2v) is 9.61. The number of halogens is 2. The number of nitrogens with zero attached hydrogens (tertiary/aromatic N) is 1. The normalized spacial score (nSPS) is 38.2. The summed E-state index contributed by atoms with van der Waals surface area (Å²) in [6, 6.07) is 0. The molecule has 6 rings (SSSR count). The van der Waals surface area contributed by atoms with Crippen molar-refractivity contribution in [2.45, 2.75) is 62.8 Å². The Balaban J connectivity index is 1.22. The largest absolute Gasteiger partial charge is 0.469 e.